The van der Waals surface area contributed by atoms with Crippen LogP contribution in [-0.2, 0) is 48.7 Å². The fourth-order valence-corrected chi connectivity index (χ4v) is 18.8. The Bertz CT molecular complexity index is 4420. The smallest absolute Gasteiger partial charge is 0.211 e. The Morgan fingerprint density at radius 3 is 1.55 bits per heavy atom. The minimum atomic E-state index is -0.264. The van der Waals surface area contributed by atoms with Crippen molar-refractivity contribution >= 4 is 89.3 Å². The first-order valence-corrected chi connectivity index (χ1v) is 33.4. The van der Waals surface area contributed by atoms with Crippen LogP contribution in [0.25, 0.3) is 54.3 Å². The summed E-state index contributed by atoms with van der Waals surface area (Å²) in [4.78, 5) is 2.78. The van der Waals surface area contributed by atoms with Gasteiger partial charge in [-0.05, 0) is 245 Å². The zero-order valence-electron chi connectivity index (χ0n) is 54.9. The van der Waals surface area contributed by atoms with Crippen LogP contribution in [0.15, 0.2) is 101 Å². The molecule has 6 aliphatic rings. The number of furan rings is 1. The largest absolute Gasteiger partial charge is 0.455 e. The van der Waals surface area contributed by atoms with E-state index in [-0.39, 0.29) is 48.7 Å². The summed E-state index contributed by atoms with van der Waals surface area (Å²) in [5, 5.41) is 8.02. The van der Waals surface area contributed by atoms with Crippen molar-refractivity contribution in [3.63, 3.8) is 0 Å². The van der Waals surface area contributed by atoms with Gasteiger partial charge in [-0.25, -0.2) is 0 Å². The average molecular weight is 1140 g/mol. The highest BCUT2D eigenvalue weighted by molar-refractivity contribution is 7.29. The van der Waals surface area contributed by atoms with Crippen LogP contribution < -0.4 is 20.5 Å². The van der Waals surface area contributed by atoms with Gasteiger partial charge in [0, 0.05) is 60.2 Å². The van der Waals surface area contributed by atoms with Crippen LogP contribution in [-0.4, -0.2) is 7.28 Å². The van der Waals surface area contributed by atoms with E-state index < -0.39 is 0 Å². The summed E-state index contributed by atoms with van der Waals surface area (Å²) in [5.74, 6) is 0. The molecule has 2 aromatic heterocycles. The lowest BCUT2D eigenvalue weighted by Gasteiger charge is -2.44. The predicted octanol–water partition coefficient (Wildman–Crippen LogP) is 21.4. The Labute approximate surface area is 513 Å². The Morgan fingerprint density at radius 1 is 0.435 bits per heavy atom. The third-order valence-corrected chi connectivity index (χ3v) is 25.0. The average Bonchev–Trinajstić information content (AvgIpc) is 1.71. The monoisotopic (exact) mass is 1140 g/mol. The van der Waals surface area contributed by atoms with Crippen molar-refractivity contribution in [2.45, 2.75) is 232 Å². The van der Waals surface area contributed by atoms with E-state index in [1.165, 1.54) is 165 Å². The van der Waals surface area contributed by atoms with Gasteiger partial charge in [0.05, 0.1) is 5.69 Å². The number of fused-ring (bicyclic) bond motifs is 14. The molecule has 5 heteroatoms. The number of aryl methyl sites for hydroxylation is 1. The Hall–Kier alpha value is -6.04. The van der Waals surface area contributed by atoms with Crippen LogP contribution in [0.4, 0.5) is 28.4 Å². The number of para-hydroxylation sites is 1. The number of hydrogen-bond donors (Lipinski definition) is 1. The van der Waals surface area contributed by atoms with Crippen molar-refractivity contribution in [3.05, 3.63) is 158 Å². The summed E-state index contributed by atoms with van der Waals surface area (Å²) >= 11 is 2.04. The second-order valence-corrected chi connectivity index (χ2v) is 34.8. The van der Waals surface area contributed by atoms with E-state index in [0.717, 1.165) is 48.0 Å². The van der Waals surface area contributed by atoms with Crippen LogP contribution in [0.1, 0.15) is 237 Å². The lowest BCUT2D eigenvalue weighted by atomic mass is 9.60. The van der Waals surface area contributed by atoms with Gasteiger partial charge in [0.25, 0.3) is 0 Å². The van der Waals surface area contributed by atoms with Gasteiger partial charge in [0.1, 0.15) is 11.2 Å². The second-order valence-electron chi connectivity index (χ2n) is 33.7. The summed E-state index contributed by atoms with van der Waals surface area (Å²) < 4.78 is 10.3. The van der Waals surface area contributed by atoms with Crippen LogP contribution in [0.2, 0.25) is 0 Å². The summed E-state index contributed by atoms with van der Waals surface area (Å²) in [7, 11) is 0.794. The third kappa shape index (κ3) is 7.95. The highest BCUT2D eigenvalue weighted by Crippen LogP contribution is 2.59. The molecule has 0 spiro atoms. The predicted molar refractivity (Wildman–Crippen MR) is 369 cm³/mol. The Morgan fingerprint density at radius 2 is 0.929 bits per heavy atom. The van der Waals surface area contributed by atoms with E-state index in [2.05, 4.69) is 239 Å². The minimum absolute atomic E-state index is 0.0256. The molecule has 7 aromatic carbocycles. The van der Waals surface area contributed by atoms with Crippen LogP contribution in [0.5, 0.6) is 0 Å². The van der Waals surface area contributed by atoms with Gasteiger partial charge in [0.15, 0.2) is 0 Å². The van der Waals surface area contributed by atoms with Crippen LogP contribution in [0, 0.1) is 6.92 Å². The van der Waals surface area contributed by atoms with Gasteiger partial charge in [-0.3, -0.25) is 0 Å². The minimum Gasteiger partial charge on any atom is -0.455 e. The van der Waals surface area contributed by atoms with Gasteiger partial charge in [-0.2, -0.15) is 0 Å². The molecule has 0 unspecified atom stereocenters. The fourth-order valence-electron chi connectivity index (χ4n) is 17.6. The van der Waals surface area contributed by atoms with Crippen molar-refractivity contribution in [2.24, 2.45) is 0 Å². The summed E-state index contributed by atoms with van der Waals surface area (Å²) in [6.07, 6.45) is 9.44. The van der Waals surface area contributed by atoms with Crippen molar-refractivity contribution < 1.29 is 4.42 Å². The molecule has 0 saturated carbocycles. The van der Waals surface area contributed by atoms with Gasteiger partial charge in [-0.1, -0.05) is 161 Å². The molecule has 0 saturated heterocycles. The van der Waals surface area contributed by atoms with Crippen molar-refractivity contribution in [3.8, 4) is 22.3 Å². The molecule has 1 aliphatic heterocycles. The van der Waals surface area contributed by atoms with E-state index in [9.17, 15) is 0 Å². The maximum absolute atomic E-state index is 7.49. The lowest BCUT2D eigenvalue weighted by molar-refractivity contribution is 0.331. The number of hydrogen-bond acceptors (Lipinski definition) is 4. The molecule has 3 heterocycles. The first kappa shape index (κ1) is 55.5. The number of benzene rings is 7. The van der Waals surface area contributed by atoms with Gasteiger partial charge in [-0.15, -0.1) is 11.3 Å². The molecule has 436 valence electrons. The molecular weight excluding hydrogens is 1050 g/mol. The molecular formula is C80H91BN2OS. The number of anilines is 5. The molecule has 3 nitrogen and oxygen atoms in total. The maximum atomic E-state index is 7.49. The first-order valence-electron chi connectivity index (χ1n) is 32.5. The molecule has 0 bridgehead atoms. The van der Waals surface area contributed by atoms with E-state index in [1.807, 2.05) is 11.3 Å². The summed E-state index contributed by atoms with van der Waals surface area (Å²) in [6.45, 7) is 47.0. The second kappa shape index (κ2) is 17.4. The van der Waals surface area contributed by atoms with Gasteiger partial charge >= 0.3 is 0 Å². The molecule has 9 aromatic rings. The molecule has 0 fully saturated rings. The van der Waals surface area contributed by atoms with Crippen LogP contribution in [0.3, 0.4) is 0 Å². The summed E-state index contributed by atoms with van der Waals surface area (Å²) in [6, 6.07) is 39.8. The summed E-state index contributed by atoms with van der Waals surface area (Å²) in [5.41, 5.74) is 31.1. The molecule has 0 amide bonds. The standard InChI is InChI=1S/C80H91BN2OS/c1-44-34-55-60(78(14,15)32-28-73(55,4)5)42-63(44)83-64-40-49-46-22-20-21-23-65(46)84-70(49)67(68(64)81-71-69(83)51-38-58-61(43-66(51)85-71)79(16,17)33-30-76(58,10)11)50-37-53-48(39-62(50)82-45-24-25-52-56(35-45)74(6,7)27-26-72(52,2)3)47-36-57-59(41-54(47)80(53,18)19)77(12,13)31-29-75(57,8)9/h20-25,34-43,81-82H,26-33H2,1-19H3. The Balaban J connectivity index is 1.06. The van der Waals surface area contributed by atoms with E-state index in [1.54, 1.807) is 0 Å². The van der Waals surface area contributed by atoms with Gasteiger partial charge < -0.3 is 14.6 Å². The first-order chi connectivity index (χ1) is 39.7. The highest BCUT2D eigenvalue weighted by atomic mass is 32.1. The zero-order valence-corrected chi connectivity index (χ0v) is 55.7. The quantitative estimate of drug-likeness (QED) is 0.178. The normalized spacial score (nSPS) is 21.4. The van der Waals surface area contributed by atoms with Crippen LogP contribution >= 0.6 is 11.3 Å². The number of nitrogens with zero attached hydrogens (tertiary/aromatic N) is 1. The molecule has 15 rings (SSSR count). The molecule has 85 heavy (non-hydrogen) atoms. The molecule has 0 atom stereocenters. The lowest BCUT2D eigenvalue weighted by Crippen LogP contribution is -2.40. The topological polar surface area (TPSA) is 28.4 Å². The third-order valence-electron chi connectivity index (χ3n) is 23.9. The SMILES string of the molecule is Cc1cc2c(cc1N1c3cc4c(oc5ccccc54)c(-c4cc5c(cc4Nc4ccc6c(c4)C(C)(C)CCC6(C)C)-c4cc6c(cc4C5(C)C)C(C)(C)CCC6(C)C)c3Bc3sc4cc5c(cc4c31)C(C)(C)CCC5(C)C)C(C)(C)CCC2(C)C. The number of rotatable bonds is 4. The zero-order chi connectivity index (χ0) is 60.0. The molecule has 5 aliphatic carbocycles. The van der Waals surface area contributed by atoms with Crippen molar-refractivity contribution in [1.82, 2.24) is 0 Å². The highest BCUT2D eigenvalue weighted by Gasteiger charge is 2.46. The van der Waals surface area contributed by atoms with E-state index in [0.29, 0.717) is 0 Å². The van der Waals surface area contributed by atoms with E-state index >= 15 is 0 Å². The fraction of sp³-hybridized carbons (Fsp3) is 0.450. The number of nitrogens with one attached hydrogen (secondary N) is 1. The molecule has 1 N–H and O–H groups in total. The maximum Gasteiger partial charge on any atom is 0.211 e. The van der Waals surface area contributed by atoms with E-state index in [4.69, 9.17) is 4.42 Å². The number of thiophene rings is 1. The Kier molecular flexibility index (Phi) is 11.4. The van der Waals surface area contributed by atoms with Gasteiger partial charge in [0.2, 0.25) is 7.28 Å². The van der Waals surface area contributed by atoms with Crippen molar-refractivity contribution in [1.29, 1.82) is 0 Å². The van der Waals surface area contributed by atoms with Crippen molar-refractivity contribution in [2.75, 3.05) is 10.2 Å². The molecule has 0 radical (unpaired) electrons.